The zero-order valence-electron chi connectivity index (χ0n) is 7.02. The molecule has 0 saturated heterocycles. The number of rotatable bonds is 4. The van der Waals surface area contributed by atoms with Gasteiger partial charge in [0.2, 0.25) is 0 Å². The van der Waals surface area contributed by atoms with Crippen LogP contribution < -0.4 is 5.73 Å². The largest absolute Gasteiger partial charge is 0.382 e. The average Bonchev–Trinajstić information content (AvgIpc) is 1.63. The Bertz CT molecular complexity index is 70.5. The van der Waals surface area contributed by atoms with E-state index >= 15 is 0 Å². The highest BCUT2D eigenvalue weighted by Crippen LogP contribution is 2.02. The molecule has 0 heterocycles. The summed E-state index contributed by atoms with van der Waals surface area (Å²) in [5, 5.41) is 0. The number of hydrogen-bond donors (Lipinski definition) is 1. The summed E-state index contributed by atoms with van der Waals surface area (Å²) >= 11 is 0. The number of halogens is 1. The van der Waals surface area contributed by atoms with Crippen molar-refractivity contribution in [3.05, 3.63) is 0 Å². The van der Waals surface area contributed by atoms with Gasteiger partial charge in [-0.25, -0.2) is 0 Å². The molecule has 10 heavy (non-hydrogen) atoms. The van der Waals surface area contributed by atoms with Gasteiger partial charge in [0.25, 0.3) is 0 Å². The third-order valence-corrected chi connectivity index (χ3v) is 1.09. The molecular weight excluding hydrogens is 150 g/mol. The molecule has 3 heteroatoms. The lowest BCUT2D eigenvalue weighted by Crippen LogP contribution is -2.33. The fraction of sp³-hybridized carbons (Fsp3) is 1.00. The Hall–Kier alpha value is 0.210. The molecule has 2 N–H and O–H groups in total. The summed E-state index contributed by atoms with van der Waals surface area (Å²) in [7, 11) is 0. The Morgan fingerprint density at radius 1 is 1.40 bits per heavy atom. The second-order valence-electron chi connectivity index (χ2n) is 2.94. The lowest BCUT2D eigenvalue weighted by atomic mass is 10.0. The molecule has 0 aromatic rings. The zero-order valence-corrected chi connectivity index (χ0v) is 7.83. The van der Waals surface area contributed by atoms with Crippen molar-refractivity contribution in [3.8, 4) is 0 Å². The van der Waals surface area contributed by atoms with Crippen LogP contribution in [-0.4, -0.2) is 18.8 Å². The van der Waals surface area contributed by atoms with Crippen molar-refractivity contribution in [2.45, 2.75) is 32.7 Å². The standard InChI is InChI=1S/C7H17NO.ClH/c1-4-9-6-5-7(2,3)8;/h4-6,8H2,1-3H3;1H. The van der Waals surface area contributed by atoms with Crippen molar-refractivity contribution in [2.24, 2.45) is 5.73 Å². The van der Waals surface area contributed by atoms with Crippen molar-refractivity contribution in [1.82, 2.24) is 0 Å². The summed E-state index contributed by atoms with van der Waals surface area (Å²) in [4.78, 5) is 0. The Kier molecular flexibility index (Phi) is 7.65. The van der Waals surface area contributed by atoms with E-state index in [1.54, 1.807) is 0 Å². The van der Waals surface area contributed by atoms with Gasteiger partial charge in [0.15, 0.2) is 0 Å². The molecule has 0 fully saturated rings. The van der Waals surface area contributed by atoms with Crippen LogP contribution in [0.25, 0.3) is 0 Å². The van der Waals surface area contributed by atoms with Crippen LogP contribution in [0.3, 0.4) is 0 Å². The monoisotopic (exact) mass is 167 g/mol. The summed E-state index contributed by atoms with van der Waals surface area (Å²) in [5.41, 5.74) is 5.62. The first-order chi connectivity index (χ1) is 4.06. The van der Waals surface area contributed by atoms with Gasteiger partial charge in [-0.15, -0.1) is 12.4 Å². The first-order valence-corrected chi connectivity index (χ1v) is 3.43. The van der Waals surface area contributed by atoms with Crippen LogP contribution in [-0.2, 0) is 4.74 Å². The fourth-order valence-electron chi connectivity index (χ4n) is 0.480. The molecule has 0 unspecified atom stereocenters. The molecule has 0 bridgehead atoms. The molecule has 0 rings (SSSR count). The summed E-state index contributed by atoms with van der Waals surface area (Å²) in [6.07, 6.45) is 0.931. The van der Waals surface area contributed by atoms with Gasteiger partial charge in [0, 0.05) is 18.8 Å². The molecule has 0 radical (unpaired) electrons. The Morgan fingerprint density at radius 2 is 1.90 bits per heavy atom. The average molecular weight is 168 g/mol. The topological polar surface area (TPSA) is 35.2 Å². The van der Waals surface area contributed by atoms with E-state index in [9.17, 15) is 0 Å². The van der Waals surface area contributed by atoms with Gasteiger partial charge in [0.05, 0.1) is 0 Å². The van der Waals surface area contributed by atoms with Crippen LogP contribution >= 0.6 is 12.4 Å². The summed E-state index contributed by atoms with van der Waals surface area (Å²) in [6, 6.07) is 0. The smallest absolute Gasteiger partial charge is 0.0483 e. The van der Waals surface area contributed by atoms with Crippen molar-refractivity contribution >= 4 is 12.4 Å². The number of hydrogen-bond acceptors (Lipinski definition) is 2. The van der Waals surface area contributed by atoms with Crippen LogP contribution in [0.1, 0.15) is 27.2 Å². The van der Waals surface area contributed by atoms with E-state index in [-0.39, 0.29) is 17.9 Å². The minimum atomic E-state index is -0.0742. The lowest BCUT2D eigenvalue weighted by molar-refractivity contribution is 0.131. The molecule has 0 aromatic heterocycles. The lowest BCUT2D eigenvalue weighted by Gasteiger charge is -2.17. The van der Waals surface area contributed by atoms with Crippen molar-refractivity contribution < 1.29 is 4.74 Å². The molecule has 0 atom stereocenters. The van der Waals surface area contributed by atoms with Gasteiger partial charge in [-0.05, 0) is 27.2 Å². The quantitative estimate of drug-likeness (QED) is 0.646. The molecule has 0 aromatic carbocycles. The van der Waals surface area contributed by atoms with Gasteiger partial charge in [-0.2, -0.15) is 0 Å². The van der Waals surface area contributed by atoms with Gasteiger partial charge in [-0.1, -0.05) is 0 Å². The van der Waals surface area contributed by atoms with E-state index < -0.39 is 0 Å². The third kappa shape index (κ3) is 11.1. The van der Waals surface area contributed by atoms with E-state index in [0.29, 0.717) is 0 Å². The van der Waals surface area contributed by atoms with E-state index in [4.69, 9.17) is 10.5 Å². The van der Waals surface area contributed by atoms with Gasteiger partial charge < -0.3 is 10.5 Å². The minimum absolute atomic E-state index is 0. The van der Waals surface area contributed by atoms with E-state index in [2.05, 4.69) is 0 Å². The molecule has 2 nitrogen and oxygen atoms in total. The highest BCUT2D eigenvalue weighted by Gasteiger charge is 2.08. The number of ether oxygens (including phenoxy) is 1. The maximum absolute atomic E-state index is 5.70. The second kappa shape index (κ2) is 5.96. The van der Waals surface area contributed by atoms with Crippen molar-refractivity contribution in [2.75, 3.05) is 13.2 Å². The minimum Gasteiger partial charge on any atom is -0.382 e. The van der Waals surface area contributed by atoms with Gasteiger partial charge in [0.1, 0.15) is 0 Å². The first kappa shape index (κ1) is 12.8. The second-order valence-corrected chi connectivity index (χ2v) is 2.94. The first-order valence-electron chi connectivity index (χ1n) is 3.43. The van der Waals surface area contributed by atoms with E-state index in [0.717, 1.165) is 19.6 Å². The third-order valence-electron chi connectivity index (χ3n) is 1.09. The predicted molar refractivity (Wildman–Crippen MR) is 46.6 cm³/mol. The molecule has 64 valence electrons. The fourth-order valence-corrected chi connectivity index (χ4v) is 0.480. The molecule has 0 aliphatic rings. The maximum Gasteiger partial charge on any atom is 0.0483 e. The van der Waals surface area contributed by atoms with Crippen molar-refractivity contribution in [3.63, 3.8) is 0 Å². The van der Waals surface area contributed by atoms with E-state index in [1.165, 1.54) is 0 Å². The van der Waals surface area contributed by atoms with Crippen molar-refractivity contribution in [1.29, 1.82) is 0 Å². The molecule has 0 aliphatic carbocycles. The summed E-state index contributed by atoms with van der Waals surface area (Å²) in [5.74, 6) is 0. The van der Waals surface area contributed by atoms with Crippen LogP contribution in [0.4, 0.5) is 0 Å². The molecule has 0 amide bonds. The summed E-state index contributed by atoms with van der Waals surface area (Å²) < 4.78 is 5.13. The Labute approximate surface area is 69.5 Å². The number of nitrogens with two attached hydrogens (primary N) is 1. The van der Waals surface area contributed by atoms with Gasteiger partial charge in [-0.3, -0.25) is 0 Å². The van der Waals surface area contributed by atoms with E-state index in [1.807, 2.05) is 20.8 Å². The van der Waals surface area contributed by atoms with Crippen LogP contribution in [0.15, 0.2) is 0 Å². The molecule has 0 aliphatic heterocycles. The summed E-state index contributed by atoms with van der Waals surface area (Å²) in [6.45, 7) is 7.57. The van der Waals surface area contributed by atoms with Crippen LogP contribution in [0, 0.1) is 0 Å². The zero-order chi connectivity index (χ0) is 7.33. The Balaban J connectivity index is 0. The molecule has 0 saturated carbocycles. The predicted octanol–water partition coefficient (Wildman–Crippen LogP) is 1.57. The van der Waals surface area contributed by atoms with Crippen LogP contribution in [0.2, 0.25) is 0 Å². The molecular formula is C7H18ClNO. The molecule has 0 spiro atoms. The Morgan fingerprint density at radius 3 is 2.20 bits per heavy atom. The maximum atomic E-state index is 5.70. The highest BCUT2D eigenvalue weighted by atomic mass is 35.5. The highest BCUT2D eigenvalue weighted by molar-refractivity contribution is 5.85. The normalized spacial score (nSPS) is 10.8. The SMILES string of the molecule is CCOCCC(C)(C)N.Cl. The van der Waals surface area contributed by atoms with Gasteiger partial charge >= 0.3 is 0 Å². The van der Waals surface area contributed by atoms with Crippen LogP contribution in [0.5, 0.6) is 0 Å².